The highest BCUT2D eigenvalue weighted by atomic mass is 16.6. The van der Waals surface area contributed by atoms with Gasteiger partial charge in [-0.15, -0.1) is 0 Å². The molecular formula is C14H11N5O2. The molecule has 3 rings (SSSR count). The van der Waals surface area contributed by atoms with E-state index < -0.39 is 0 Å². The number of anilines is 3. The molecule has 7 nitrogen and oxygen atoms in total. The Bertz CT molecular complexity index is 850. The van der Waals surface area contributed by atoms with Crippen LogP contribution in [-0.4, -0.2) is 17.4 Å². The number of nitriles is 1. The van der Waals surface area contributed by atoms with Crippen molar-refractivity contribution in [3.63, 3.8) is 0 Å². The summed E-state index contributed by atoms with van der Waals surface area (Å²) in [6, 6.07) is 10.8. The first-order chi connectivity index (χ1) is 10.2. The number of nitrogens with zero attached hydrogens (tertiary/aromatic N) is 3. The zero-order valence-electron chi connectivity index (χ0n) is 11.1. The number of hydrogen-bond donors (Lipinski definition) is 2. The Morgan fingerprint density at radius 2 is 2.05 bits per heavy atom. The number of benzene rings is 2. The molecule has 2 aromatic carbocycles. The Balaban J connectivity index is 2.14. The molecule has 1 heterocycles. The van der Waals surface area contributed by atoms with E-state index in [1.165, 1.54) is 7.11 Å². The third-order valence-corrected chi connectivity index (χ3v) is 3.07. The zero-order chi connectivity index (χ0) is 14.8. The second-order valence-electron chi connectivity index (χ2n) is 4.28. The smallest absolute Gasteiger partial charge is 0.160 e. The van der Waals surface area contributed by atoms with Crippen LogP contribution in [0.2, 0.25) is 0 Å². The lowest BCUT2D eigenvalue weighted by Gasteiger charge is -2.12. The maximum Gasteiger partial charge on any atom is 0.160 e. The lowest BCUT2D eigenvalue weighted by atomic mass is 10.1. The molecule has 0 amide bonds. The average Bonchev–Trinajstić information content (AvgIpc) is 3.00. The van der Waals surface area contributed by atoms with Gasteiger partial charge in [-0.05, 0) is 34.6 Å². The van der Waals surface area contributed by atoms with Gasteiger partial charge in [-0.2, -0.15) is 5.26 Å². The lowest BCUT2D eigenvalue weighted by molar-refractivity contribution is 0.316. The normalized spacial score (nSPS) is 10.3. The quantitative estimate of drug-likeness (QED) is 0.709. The van der Waals surface area contributed by atoms with Crippen LogP contribution in [0.5, 0.6) is 5.75 Å². The van der Waals surface area contributed by atoms with Gasteiger partial charge in [0.05, 0.1) is 29.7 Å². The molecule has 21 heavy (non-hydrogen) atoms. The number of rotatable bonds is 3. The Morgan fingerprint density at radius 3 is 2.81 bits per heavy atom. The molecule has 3 aromatic rings. The number of ether oxygens (including phenoxy) is 1. The number of nitrogens with one attached hydrogen (secondary N) is 1. The number of nitrogen functional groups attached to an aromatic ring is 1. The first-order valence-electron chi connectivity index (χ1n) is 6.09. The Morgan fingerprint density at radius 1 is 1.24 bits per heavy atom. The van der Waals surface area contributed by atoms with Crippen LogP contribution >= 0.6 is 0 Å². The van der Waals surface area contributed by atoms with Gasteiger partial charge in [0.2, 0.25) is 0 Å². The largest absolute Gasteiger partial charge is 0.495 e. The molecule has 3 N–H and O–H groups in total. The van der Waals surface area contributed by atoms with Crippen LogP contribution < -0.4 is 15.8 Å². The van der Waals surface area contributed by atoms with Gasteiger partial charge in [-0.3, -0.25) is 0 Å². The maximum atomic E-state index is 9.22. The van der Waals surface area contributed by atoms with E-state index in [1.807, 2.05) is 0 Å². The monoisotopic (exact) mass is 281 g/mol. The van der Waals surface area contributed by atoms with Crippen molar-refractivity contribution in [3.05, 3.63) is 35.9 Å². The summed E-state index contributed by atoms with van der Waals surface area (Å²) in [6.07, 6.45) is 0. The number of hydrogen-bond acceptors (Lipinski definition) is 7. The summed E-state index contributed by atoms with van der Waals surface area (Å²) >= 11 is 0. The van der Waals surface area contributed by atoms with Crippen LogP contribution in [0.25, 0.3) is 11.0 Å². The summed E-state index contributed by atoms with van der Waals surface area (Å²) in [4.78, 5) is 0. The zero-order valence-corrected chi connectivity index (χ0v) is 11.1. The highest BCUT2D eigenvalue weighted by Crippen LogP contribution is 2.34. The Hall–Kier alpha value is -3.27. The molecule has 0 spiro atoms. The molecule has 0 aliphatic carbocycles. The summed E-state index contributed by atoms with van der Waals surface area (Å²) in [6.45, 7) is 0. The lowest BCUT2D eigenvalue weighted by Crippen LogP contribution is -1.99. The van der Waals surface area contributed by atoms with Crippen LogP contribution in [0.3, 0.4) is 0 Å². The maximum absolute atomic E-state index is 9.22. The van der Waals surface area contributed by atoms with Gasteiger partial charge < -0.3 is 15.8 Å². The van der Waals surface area contributed by atoms with Crippen molar-refractivity contribution in [1.29, 1.82) is 5.26 Å². The van der Waals surface area contributed by atoms with E-state index in [0.717, 1.165) is 0 Å². The van der Waals surface area contributed by atoms with E-state index in [9.17, 15) is 5.26 Å². The molecule has 0 aliphatic rings. The predicted molar refractivity (Wildman–Crippen MR) is 77.2 cm³/mol. The van der Waals surface area contributed by atoms with Crippen molar-refractivity contribution in [3.8, 4) is 11.8 Å². The Kier molecular flexibility index (Phi) is 3.04. The molecule has 104 valence electrons. The number of aromatic nitrogens is 2. The molecule has 1 aromatic heterocycles. The van der Waals surface area contributed by atoms with E-state index in [4.69, 9.17) is 15.1 Å². The van der Waals surface area contributed by atoms with Crippen LogP contribution in [-0.2, 0) is 0 Å². The molecule has 0 bridgehead atoms. The van der Waals surface area contributed by atoms with Crippen molar-refractivity contribution in [2.24, 2.45) is 0 Å². The molecule has 0 atom stereocenters. The second-order valence-corrected chi connectivity index (χ2v) is 4.28. The first-order valence-corrected chi connectivity index (χ1v) is 6.09. The van der Waals surface area contributed by atoms with Crippen LogP contribution in [0.4, 0.5) is 17.1 Å². The molecule has 0 saturated heterocycles. The fraction of sp³-hybridized carbons (Fsp3) is 0.0714. The Labute approximate surface area is 119 Å². The van der Waals surface area contributed by atoms with Gasteiger partial charge in [0.1, 0.15) is 11.8 Å². The van der Waals surface area contributed by atoms with E-state index in [0.29, 0.717) is 39.4 Å². The van der Waals surface area contributed by atoms with Gasteiger partial charge >= 0.3 is 0 Å². The van der Waals surface area contributed by atoms with Crippen molar-refractivity contribution < 1.29 is 9.37 Å². The fourth-order valence-corrected chi connectivity index (χ4v) is 2.04. The minimum absolute atomic E-state index is 0.454. The first kappa shape index (κ1) is 12.7. The van der Waals surface area contributed by atoms with Gasteiger partial charge in [0.25, 0.3) is 0 Å². The van der Waals surface area contributed by atoms with Gasteiger partial charge in [0.15, 0.2) is 11.0 Å². The van der Waals surface area contributed by atoms with Crippen molar-refractivity contribution in [1.82, 2.24) is 10.3 Å². The highest BCUT2D eigenvalue weighted by Gasteiger charge is 2.14. The van der Waals surface area contributed by atoms with E-state index in [-0.39, 0.29) is 0 Å². The fourth-order valence-electron chi connectivity index (χ4n) is 2.04. The minimum atomic E-state index is 0.454. The number of nitrogens with two attached hydrogens (primary N) is 1. The van der Waals surface area contributed by atoms with Gasteiger partial charge in [-0.1, -0.05) is 6.07 Å². The summed E-state index contributed by atoms with van der Waals surface area (Å²) in [7, 11) is 1.54. The third-order valence-electron chi connectivity index (χ3n) is 3.07. The van der Waals surface area contributed by atoms with Gasteiger partial charge in [0, 0.05) is 0 Å². The predicted octanol–water partition coefficient (Wildman–Crippen LogP) is 2.43. The standard InChI is InChI=1S/C14H11N5O2/c1-20-11-4-2-3-8(7-15)12(11)17-10-6-5-9(16)13-14(10)19-21-18-13/h2-6,17H,16H2,1H3. The molecule has 7 heteroatoms. The summed E-state index contributed by atoms with van der Waals surface area (Å²) in [5.74, 6) is 0.551. The average molecular weight is 281 g/mol. The second kappa shape index (κ2) is 5.02. The van der Waals surface area contributed by atoms with E-state index in [2.05, 4.69) is 21.7 Å². The summed E-state index contributed by atoms with van der Waals surface area (Å²) in [5, 5.41) is 19.9. The van der Waals surface area contributed by atoms with Crippen LogP contribution in [0.1, 0.15) is 5.56 Å². The van der Waals surface area contributed by atoms with E-state index >= 15 is 0 Å². The summed E-state index contributed by atoms with van der Waals surface area (Å²) < 4.78 is 10.0. The number of para-hydroxylation sites is 1. The number of methoxy groups -OCH3 is 1. The molecule has 0 unspecified atom stereocenters. The van der Waals surface area contributed by atoms with Crippen LogP contribution in [0, 0.1) is 11.3 Å². The van der Waals surface area contributed by atoms with Crippen LogP contribution in [0.15, 0.2) is 35.0 Å². The molecule has 0 saturated carbocycles. The third kappa shape index (κ3) is 2.08. The molecule has 0 aliphatic heterocycles. The number of fused-ring (bicyclic) bond motifs is 1. The molecule has 0 fully saturated rings. The molecule has 0 radical (unpaired) electrons. The topological polar surface area (TPSA) is 110 Å². The van der Waals surface area contributed by atoms with E-state index in [1.54, 1.807) is 30.3 Å². The minimum Gasteiger partial charge on any atom is -0.495 e. The highest BCUT2D eigenvalue weighted by molar-refractivity contribution is 5.97. The van der Waals surface area contributed by atoms with Gasteiger partial charge in [-0.25, -0.2) is 4.63 Å². The van der Waals surface area contributed by atoms with Crippen molar-refractivity contribution in [2.45, 2.75) is 0 Å². The van der Waals surface area contributed by atoms with Crippen molar-refractivity contribution in [2.75, 3.05) is 18.2 Å². The summed E-state index contributed by atoms with van der Waals surface area (Å²) in [5.41, 5.74) is 8.87. The molecular weight excluding hydrogens is 270 g/mol. The van der Waals surface area contributed by atoms with Crippen molar-refractivity contribution >= 4 is 28.1 Å². The SMILES string of the molecule is COc1cccc(C#N)c1Nc1ccc(N)c2nonc12.